The molecule has 0 spiro atoms. The number of aliphatic carboxylic acids is 1. The number of hydrogen-bond donors (Lipinski definition) is 3. The third-order valence-electron chi connectivity index (χ3n) is 2.31. The Bertz CT molecular complexity index is 543. The molecule has 0 fully saturated rings. The highest BCUT2D eigenvalue weighted by molar-refractivity contribution is 6.02. The van der Waals surface area contributed by atoms with Crippen molar-refractivity contribution in [2.75, 3.05) is 25.6 Å². The van der Waals surface area contributed by atoms with Gasteiger partial charge < -0.3 is 19.9 Å². The van der Waals surface area contributed by atoms with Gasteiger partial charge in [0.15, 0.2) is 0 Å². The number of rotatable bonds is 6. The van der Waals surface area contributed by atoms with E-state index in [4.69, 9.17) is 9.84 Å². The zero-order valence-electron chi connectivity index (χ0n) is 11.6. The van der Waals surface area contributed by atoms with Crippen molar-refractivity contribution in [3.63, 3.8) is 0 Å². The second kappa shape index (κ2) is 7.85. The van der Waals surface area contributed by atoms with E-state index in [-0.39, 0.29) is 0 Å². The quantitative estimate of drug-likeness (QED) is 0.714. The highest BCUT2D eigenvalue weighted by Gasteiger charge is 2.11. The molecule has 0 radical (unpaired) electrons. The van der Waals surface area contributed by atoms with E-state index in [1.807, 2.05) is 18.3 Å². The molecule has 0 unspecified atom stereocenters. The summed E-state index contributed by atoms with van der Waals surface area (Å²) in [7, 11) is 1.46. The zero-order chi connectivity index (χ0) is 15.8. The molecular formula is C13H16N2O6. The lowest BCUT2D eigenvalue weighted by atomic mass is 10.2. The minimum atomic E-state index is -1.20. The van der Waals surface area contributed by atoms with Gasteiger partial charge in [-0.05, 0) is 24.6 Å². The van der Waals surface area contributed by atoms with Crippen LogP contribution in [0.25, 0.3) is 0 Å². The van der Waals surface area contributed by atoms with E-state index >= 15 is 0 Å². The summed E-state index contributed by atoms with van der Waals surface area (Å²) in [6.07, 6.45) is 0. The number of methoxy groups -OCH3 is 1. The number of ether oxygens (including phenoxy) is 2. The Morgan fingerprint density at radius 1 is 1.24 bits per heavy atom. The number of nitrogens with one attached hydrogen (secondary N) is 2. The molecule has 0 saturated carbocycles. The fourth-order valence-electron chi connectivity index (χ4n) is 1.47. The van der Waals surface area contributed by atoms with Crippen molar-refractivity contribution in [3.8, 4) is 5.75 Å². The Labute approximate surface area is 121 Å². The van der Waals surface area contributed by atoms with Crippen molar-refractivity contribution >= 4 is 23.6 Å². The number of benzene rings is 1. The monoisotopic (exact) mass is 296 g/mol. The average Bonchev–Trinajstić information content (AvgIpc) is 2.38. The summed E-state index contributed by atoms with van der Waals surface area (Å²) >= 11 is 0. The molecule has 0 aromatic heterocycles. The van der Waals surface area contributed by atoms with Gasteiger partial charge in [-0.3, -0.25) is 10.1 Å². The molecule has 0 aliphatic heterocycles. The number of hydrogen-bond acceptors (Lipinski definition) is 5. The predicted molar refractivity (Wildman–Crippen MR) is 73.3 cm³/mol. The summed E-state index contributed by atoms with van der Waals surface area (Å²) in [5.74, 6) is -1.50. The van der Waals surface area contributed by atoms with Crippen LogP contribution < -0.4 is 15.4 Å². The zero-order valence-corrected chi connectivity index (χ0v) is 11.6. The van der Waals surface area contributed by atoms with Crippen molar-refractivity contribution in [2.24, 2.45) is 0 Å². The number of carbonyl (C=O) groups is 3. The first-order valence-electron chi connectivity index (χ1n) is 5.97. The Hall–Kier alpha value is -2.61. The van der Waals surface area contributed by atoms with Crippen molar-refractivity contribution < 1.29 is 29.0 Å². The molecule has 0 atom stereocenters. The second-order valence-corrected chi connectivity index (χ2v) is 4.09. The first-order valence-corrected chi connectivity index (χ1v) is 5.97. The van der Waals surface area contributed by atoms with Crippen molar-refractivity contribution in [1.29, 1.82) is 0 Å². The van der Waals surface area contributed by atoms with Crippen LogP contribution in [0.1, 0.15) is 5.56 Å². The summed E-state index contributed by atoms with van der Waals surface area (Å²) in [5.41, 5.74) is 1.32. The number of aryl methyl sites for hydroxylation is 1. The third-order valence-corrected chi connectivity index (χ3v) is 2.31. The molecule has 8 nitrogen and oxygen atoms in total. The molecule has 8 heteroatoms. The summed E-state index contributed by atoms with van der Waals surface area (Å²) in [5, 5.41) is 12.8. The SMILES string of the molecule is COc1ccc(C)cc1NC(=O)NC(=O)COCC(=O)O. The molecule has 1 aromatic carbocycles. The molecule has 0 bridgehead atoms. The first-order chi connectivity index (χ1) is 9.92. The maximum atomic E-state index is 11.6. The van der Waals surface area contributed by atoms with E-state index < -0.39 is 31.1 Å². The van der Waals surface area contributed by atoms with Gasteiger partial charge in [0.25, 0.3) is 5.91 Å². The van der Waals surface area contributed by atoms with Crippen molar-refractivity contribution in [1.82, 2.24) is 5.32 Å². The molecule has 1 rings (SSSR count). The van der Waals surface area contributed by atoms with Gasteiger partial charge in [0, 0.05) is 0 Å². The lowest BCUT2D eigenvalue weighted by Crippen LogP contribution is -2.37. The first kappa shape index (κ1) is 16.4. The summed E-state index contributed by atoms with van der Waals surface area (Å²) in [6, 6.07) is 4.42. The third kappa shape index (κ3) is 5.91. The molecule has 0 heterocycles. The molecular weight excluding hydrogens is 280 g/mol. The van der Waals surface area contributed by atoms with Crippen LogP contribution in [0.3, 0.4) is 0 Å². The van der Waals surface area contributed by atoms with Crippen LogP contribution in [-0.2, 0) is 14.3 Å². The Kier molecular flexibility index (Phi) is 6.15. The van der Waals surface area contributed by atoms with Crippen LogP contribution in [0.15, 0.2) is 18.2 Å². The van der Waals surface area contributed by atoms with Gasteiger partial charge in [-0.25, -0.2) is 9.59 Å². The molecule has 0 aliphatic rings. The van der Waals surface area contributed by atoms with E-state index in [1.54, 1.807) is 12.1 Å². The van der Waals surface area contributed by atoms with Gasteiger partial charge in [-0.1, -0.05) is 6.07 Å². The van der Waals surface area contributed by atoms with Crippen molar-refractivity contribution in [2.45, 2.75) is 6.92 Å². The molecule has 3 N–H and O–H groups in total. The molecule has 114 valence electrons. The van der Waals surface area contributed by atoms with Gasteiger partial charge in [-0.2, -0.15) is 0 Å². The lowest BCUT2D eigenvalue weighted by molar-refractivity contribution is -0.143. The van der Waals surface area contributed by atoms with E-state index in [9.17, 15) is 14.4 Å². The fourth-order valence-corrected chi connectivity index (χ4v) is 1.47. The minimum absolute atomic E-state index is 0.411. The highest BCUT2D eigenvalue weighted by Crippen LogP contribution is 2.24. The Morgan fingerprint density at radius 2 is 1.95 bits per heavy atom. The van der Waals surface area contributed by atoms with Gasteiger partial charge in [0.05, 0.1) is 12.8 Å². The molecule has 3 amide bonds. The van der Waals surface area contributed by atoms with Crippen molar-refractivity contribution in [3.05, 3.63) is 23.8 Å². The average molecular weight is 296 g/mol. The number of amides is 3. The number of carboxylic acid groups (broad SMARTS) is 1. The smallest absolute Gasteiger partial charge is 0.329 e. The van der Waals surface area contributed by atoms with Crippen LogP contribution in [0.2, 0.25) is 0 Å². The van der Waals surface area contributed by atoms with E-state index in [0.717, 1.165) is 5.56 Å². The maximum absolute atomic E-state index is 11.6. The van der Waals surface area contributed by atoms with Crippen LogP contribution in [0.5, 0.6) is 5.75 Å². The second-order valence-electron chi connectivity index (χ2n) is 4.09. The highest BCUT2D eigenvalue weighted by atomic mass is 16.5. The van der Waals surface area contributed by atoms with Crippen LogP contribution >= 0.6 is 0 Å². The minimum Gasteiger partial charge on any atom is -0.495 e. The normalized spacial score (nSPS) is 9.81. The van der Waals surface area contributed by atoms with Gasteiger partial charge in [-0.15, -0.1) is 0 Å². The van der Waals surface area contributed by atoms with E-state index in [1.165, 1.54) is 7.11 Å². The summed E-state index contributed by atoms with van der Waals surface area (Å²) < 4.78 is 9.64. The van der Waals surface area contributed by atoms with Crippen LogP contribution in [0.4, 0.5) is 10.5 Å². The number of carboxylic acids is 1. The summed E-state index contributed by atoms with van der Waals surface area (Å²) in [4.78, 5) is 33.2. The molecule has 1 aromatic rings. The fraction of sp³-hybridized carbons (Fsp3) is 0.308. The molecule has 21 heavy (non-hydrogen) atoms. The number of carbonyl (C=O) groups excluding carboxylic acids is 2. The van der Waals surface area contributed by atoms with Gasteiger partial charge in [0.2, 0.25) is 0 Å². The standard InChI is InChI=1S/C13H16N2O6/c1-8-3-4-10(20-2)9(5-8)14-13(19)15-11(16)6-21-7-12(17)18/h3-5H,6-7H2,1-2H3,(H,17,18)(H2,14,15,16,19). The number of imide groups is 1. The lowest BCUT2D eigenvalue weighted by Gasteiger charge is -2.11. The van der Waals surface area contributed by atoms with Gasteiger partial charge in [0.1, 0.15) is 19.0 Å². The Balaban J connectivity index is 2.52. The number of urea groups is 1. The van der Waals surface area contributed by atoms with E-state index in [2.05, 4.69) is 10.1 Å². The van der Waals surface area contributed by atoms with Gasteiger partial charge >= 0.3 is 12.0 Å². The van der Waals surface area contributed by atoms with Crippen LogP contribution in [-0.4, -0.2) is 43.3 Å². The largest absolute Gasteiger partial charge is 0.495 e. The predicted octanol–water partition coefficient (Wildman–Crippen LogP) is 0.753. The maximum Gasteiger partial charge on any atom is 0.329 e. The van der Waals surface area contributed by atoms with E-state index in [0.29, 0.717) is 11.4 Å². The Morgan fingerprint density at radius 3 is 2.57 bits per heavy atom. The molecule has 0 saturated heterocycles. The summed E-state index contributed by atoms with van der Waals surface area (Å²) in [6.45, 7) is 0.707. The van der Waals surface area contributed by atoms with Crippen LogP contribution in [0, 0.1) is 6.92 Å². The molecule has 0 aliphatic carbocycles. The number of anilines is 1. The topological polar surface area (TPSA) is 114 Å².